The number of carbonyl (C=O) groups is 1. The van der Waals surface area contributed by atoms with Gasteiger partial charge in [0.15, 0.2) is 0 Å². The second-order valence-corrected chi connectivity index (χ2v) is 4.10. The number of carboxylic acids is 1. The number of alkyl halides is 2. The van der Waals surface area contributed by atoms with Gasteiger partial charge in [-0.25, -0.2) is 8.78 Å². The minimum atomic E-state index is -3.23. The Balaban J connectivity index is 2.88. The molecular formula is C13H16F2O3. The first kappa shape index (κ1) is 14.4. The number of methoxy groups -OCH3 is 1. The molecule has 5 heteroatoms. The number of aryl methyl sites for hydroxylation is 1. The van der Waals surface area contributed by atoms with Crippen molar-refractivity contribution in [1.82, 2.24) is 0 Å². The molecule has 0 fully saturated rings. The van der Waals surface area contributed by atoms with E-state index in [9.17, 15) is 13.6 Å². The highest BCUT2D eigenvalue weighted by atomic mass is 19.3. The van der Waals surface area contributed by atoms with E-state index in [1.807, 2.05) is 6.92 Å². The topological polar surface area (TPSA) is 46.5 Å². The van der Waals surface area contributed by atoms with Gasteiger partial charge in [-0.3, -0.25) is 4.79 Å². The molecule has 0 aliphatic carbocycles. The Kier molecular flexibility index (Phi) is 4.64. The Hall–Kier alpha value is -1.65. The summed E-state index contributed by atoms with van der Waals surface area (Å²) in [5.41, 5.74) is 1.25. The monoisotopic (exact) mass is 258 g/mol. The Morgan fingerprint density at radius 2 is 2.11 bits per heavy atom. The van der Waals surface area contributed by atoms with Crippen LogP contribution in [0.4, 0.5) is 8.78 Å². The molecule has 1 aromatic rings. The first-order valence-electron chi connectivity index (χ1n) is 5.63. The molecular weight excluding hydrogens is 242 g/mol. The predicted molar refractivity (Wildman–Crippen MR) is 63.3 cm³/mol. The average molecular weight is 258 g/mol. The molecule has 0 aromatic heterocycles. The molecule has 0 saturated carbocycles. The summed E-state index contributed by atoms with van der Waals surface area (Å²) in [6, 6.07) is 4.80. The zero-order chi connectivity index (χ0) is 13.8. The molecule has 0 aliphatic rings. The molecule has 0 radical (unpaired) electrons. The molecule has 0 unspecified atom stereocenters. The van der Waals surface area contributed by atoms with Crippen LogP contribution in [0.1, 0.15) is 24.5 Å². The van der Waals surface area contributed by atoms with Gasteiger partial charge in [0.2, 0.25) is 0 Å². The van der Waals surface area contributed by atoms with Gasteiger partial charge in [0.05, 0.1) is 7.11 Å². The Bertz CT molecular complexity index is 430. The van der Waals surface area contributed by atoms with Gasteiger partial charge in [0, 0.05) is 6.42 Å². The first-order valence-corrected chi connectivity index (χ1v) is 5.63. The molecule has 0 atom stereocenters. The van der Waals surface area contributed by atoms with Crippen molar-refractivity contribution in [2.45, 2.75) is 32.1 Å². The van der Waals surface area contributed by atoms with Crippen LogP contribution in [0.25, 0.3) is 0 Å². The smallest absolute Gasteiger partial charge is 0.309 e. The lowest BCUT2D eigenvalue weighted by molar-refractivity contribution is -0.144. The highest BCUT2D eigenvalue weighted by molar-refractivity contribution is 5.67. The molecule has 3 nitrogen and oxygen atoms in total. The normalized spacial score (nSPS) is 11.3. The summed E-state index contributed by atoms with van der Waals surface area (Å²) in [7, 11) is 1.52. The van der Waals surface area contributed by atoms with Crippen molar-refractivity contribution in [3.63, 3.8) is 0 Å². The van der Waals surface area contributed by atoms with Gasteiger partial charge < -0.3 is 9.84 Å². The molecule has 0 bridgehead atoms. The van der Waals surface area contributed by atoms with Gasteiger partial charge in [-0.15, -0.1) is 0 Å². The molecule has 18 heavy (non-hydrogen) atoms. The van der Waals surface area contributed by atoms with Crippen LogP contribution in [0.5, 0.6) is 5.75 Å². The van der Waals surface area contributed by atoms with Crippen LogP contribution >= 0.6 is 0 Å². The summed E-state index contributed by atoms with van der Waals surface area (Å²) in [5, 5.41) is 8.41. The number of hydrogen-bond donors (Lipinski definition) is 1. The molecule has 0 heterocycles. The van der Waals surface area contributed by atoms with Crippen molar-refractivity contribution < 1.29 is 23.4 Å². The van der Waals surface area contributed by atoms with E-state index in [1.165, 1.54) is 13.2 Å². The lowest BCUT2D eigenvalue weighted by Crippen LogP contribution is -2.23. The van der Waals surface area contributed by atoms with E-state index in [0.29, 0.717) is 17.7 Å². The van der Waals surface area contributed by atoms with E-state index in [2.05, 4.69) is 0 Å². The van der Waals surface area contributed by atoms with Gasteiger partial charge >= 0.3 is 5.97 Å². The lowest BCUT2D eigenvalue weighted by Gasteiger charge is -2.15. The summed E-state index contributed by atoms with van der Waals surface area (Å²) in [6.07, 6.45) is -1.06. The highest BCUT2D eigenvalue weighted by Gasteiger charge is 2.32. The van der Waals surface area contributed by atoms with E-state index < -0.39 is 24.7 Å². The molecule has 1 aromatic carbocycles. The quantitative estimate of drug-likeness (QED) is 0.853. The van der Waals surface area contributed by atoms with E-state index in [1.54, 1.807) is 12.1 Å². The summed E-state index contributed by atoms with van der Waals surface area (Å²) in [6.45, 7) is 1.90. The number of aliphatic carboxylic acids is 1. The van der Waals surface area contributed by atoms with Crippen LogP contribution in [0.3, 0.4) is 0 Å². The van der Waals surface area contributed by atoms with Gasteiger partial charge in [-0.2, -0.15) is 0 Å². The maximum atomic E-state index is 13.4. The van der Waals surface area contributed by atoms with Crippen LogP contribution in [0.2, 0.25) is 0 Å². The van der Waals surface area contributed by atoms with Crippen LogP contribution in [0, 0.1) is 0 Å². The second-order valence-electron chi connectivity index (χ2n) is 4.10. The first-order chi connectivity index (χ1) is 8.38. The third-order valence-corrected chi connectivity index (χ3v) is 2.60. The van der Waals surface area contributed by atoms with Crippen LogP contribution in [0.15, 0.2) is 18.2 Å². The van der Waals surface area contributed by atoms with E-state index in [0.717, 1.165) is 5.56 Å². The summed E-state index contributed by atoms with van der Waals surface area (Å²) in [4.78, 5) is 10.3. The maximum Gasteiger partial charge on any atom is 0.309 e. The number of rotatable bonds is 6. The zero-order valence-electron chi connectivity index (χ0n) is 10.4. The average Bonchev–Trinajstić information content (AvgIpc) is 2.26. The van der Waals surface area contributed by atoms with Gasteiger partial charge in [-0.05, 0) is 23.6 Å². The van der Waals surface area contributed by atoms with E-state index in [-0.39, 0.29) is 0 Å². The van der Waals surface area contributed by atoms with E-state index >= 15 is 0 Å². The maximum absolute atomic E-state index is 13.4. The molecule has 0 spiro atoms. The van der Waals surface area contributed by atoms with Gasteiger partial charge in [0.1, 0.15) is 12.2 Å². The van der Waals surface area contributed by atoms with Crippen LogP contribution < -0.4 is 4.74 Å². The molecule has 0 amide bonds. The number of halogens is 2. The fraction of sp³-hybridized carbons (Fsp3) is 0.462. The number of hydrogen-bond acceptors (Lipinski definition) is 2. The summed E-state index contributed by atoms with van der Waals surface area (Å²) < 4.78 is 31.8. The minimum Gasteiger partial charge on any atom is -0.496 e. The van der Waals surface area contributed by atoms with Crippen molar-refractivity contribution in [1.29, 1.82) is 0 Å². The zero-order valence-corrected chi connectivity index (χ0v) is 10.4. The van der Waals surface area contributed by atoms with E-state index in [4.69, 9.17) is 9.84 Å². The standard InChI is InChI=1S/C13H16F2O3/c1-3-10-6-9(4-5-11(10)18-2)7-13(14,15)8-12(16)17/h4-6H,3,7-8H2,1-2H3,(H,16,17). The van der Waals surface area contributed by atoms with Crippen LogP contribution in [-0.4, -0.2) is 24.1 Å². The molecule has 0 aliphatic heterocycles. The third kappa shape index (κ3) is 3.98. The predicted octanol–water partition coefficient (Wildman–Crippen LogP) is 2.91. The Morgan fingerprint density at radius 3 is 2.61 bits per heavy atom. The molecule has 1 rings (SSSR count). The SMILES string of the molecule is CCc1cc(CC(F)(F)CC(=O)O)ccc1OC. The number of benzene rings is 1. The fourth-order valence-electron chi connectivity index (χ4n) is 1.80. The molecule has 0 saturated heterocycles. The fourth-order valence-corrected chi connectivity index (χ4v) is 1.80. The lowest BCUT2D eigenvalue weighted by atomic mass is 10.0. The van der Waals surface area contributed by atoms with Crippen molar-refractivity contribution in [3.05, 3.63) is 29.3 Å². The summed E-state index contributed by atoms with van der Waals surface area (Å²) in [5.74, 6) is -4.07. The minimum absolute atomic E-state index is 0.416. The van der Waals surface area contributed by atoms with Crippen molar-refractivity contribution in [2.24, 2.45) is 0 Å². The van der Waals surface area contributed by atoms with Crippen LogP contribution in [-0.2, 0) is 17.6 Å². The van der Waals surface area contributed by atoms with Crippen molar-refractivity contribution >= 4 is 5.97 Å². The van der Waals surface area contributed by atoms with Crippen molar-refractivity contribution in [2.75, 3.05) is 7.11 Å². The van der Waals surface area contributed by atoms with Gasteiger partial charge in [0.25, 0.3) is 5.92 Å². The Labute approximate surface area is 104 Å². The highest BCUT2D eigenvalue weighted by Crippen LogP contribution is 2.27. The number of ether oxygens (including phenoxy) is 1. The number of carboxylic acid groups (broad SMARTS) is 1. The Morgan fingerprint density at radius 1 is 1.44 bits per heavy atom. The molecule has 1 N–H and O–H groups in total. The van der Waals surface area contributed by atoms with Crippen molar-refractivity contribution in [3.8, 4) is 5.75 Å². The summed E-state index contributed by atoms with van der Waals surface area (Å²) >= 11 is 0. The largest absolute Gasteiger partial charge is 0.496 e. The molecule has 100 valence electrons. The second kappa shape index (κ2) is 5.80. The third-order valence-electron chi connectivity index (χ3n) is 2.60. The van der Waals surface area contributed by atoms with Gasteiger partial charge in [-0.1, -0.05) is 19.1 Å².